The first-order chi connectivity index (χ1) is 7.85. The highest BCUT2D eigenvalue weighted by molar-refractivity contribution is 8.71. The highest BCUT2D eigenvalue weighted by atomic mass is 33.1. The second kappa shape index (κ2) is 5.52. The van der Waals surface area contributed by atoms with Crippen molar-refractivity contribution in [1.29, 1.82) is 0 Å². The normalized spacial score (nSPS) is 13.3. The van der Waals surface area contributed by atoms with Crippen molar-refractivity contribution in [3.8, 4) is 0 Å². The van der Waals surface area contributed by atoms with E-state index in [1.165, 1.54) is 19.2 Å². The van der Waals surface area contributed by atoms with Gasteiger partial charge < -0.3 is 9.84 Å². The van der Waals surface area contributed by atoms with Crippen LogP contribution in [0.1, 0.15) is 21.4 Å². The molecule has 17 heavy (non-hydrogen) atoms. The summed E-state index contributed by atoms with van der Waals surface area (Å²) < 4.78 is 27.4. The summed E-state index contributed by atoms with van der Waals surface area (Å²) in [6, 6.07) is 6.16. The lowest BCUT2D eigenvalue weighted by molar-refractivity contribution is 0.0691. The van der Waals surface area contributed by atoms with Gasteiger partial charge in [-0.15, -0.1) is 0 Å². The Kier molecular flexibility index (Phi) is 4.55. The Bertz CT molecular complexity index is 509. The first kappa shape index (κ1) is 14.0. The molecular formula is C10H12O5S2. The van der Waals surface area contributed by atoms with Crippen molar-refractivity contribution in [2.45, 2.75) is 5.44 Å². The summed E-state index contributed by atoms with van der Waals surface area (Å²) in [6.45, 7) is 0. The maximum absolute atomic E-state index is 11.2. The number of carboxylic acids is 1. The molecule has 5 nitrogen and oxygen atoms in total. The summed E-state index contributed by atoms with van der Waals surface area (Å²) in [4.78, 5) is 11.0. The van der Waals surface area contributed by atoms with E-state index < -0.39 is 20.3 Å². The van der Waals surface area contributed by atoms with Crippen LogP contribution in [0.3, 0.4) is 0 Å². The van der Waals surface area contributed by atoms with Crippen molar-refractivity contribution in [2.24, 2.45) is 0 Å². The molecule has 0 radical (unpaired) electrons. The lowest BCUT2D eigenvalue weighted by atomic mass is 10.1. The van der Waals surface area contributed by atoms with Crippen LogP contribution in [-0.4, -0.2) is 32.9 Å². The molecule has 0 heterocycles. The second-order valence-electron chi connectivity index (χ2n) is 3.26. The van der Waals surface area contributed by atoms with Crippen LogP contribution in [0.5, 0.6) is 0 Å². The minimum Gasteiger partial charge on any atom is -0.478 e. The van der Waals surface area contributed by atoms with Gasteiger partial charge >= 0.3 is 5.97 Å². The standard InChI is InChI=1S/C10H12O5S2/c1-15-10(16-17(2,13)14)8-6-4-3-5-7(8)9(11)12/h3-6,10H,1-2H3,(H,11,12). The number of aromatic carboxylic acids is 1. The van der Waals surface area contributed by atoms with E-state index in [9.17, 15) is 13.2 Å². The fraction of sp³-hybridized carbons (Fsp3) is 0.300. The maximum Gasteiger partial charge on any atom is 0.336 e. The number of carboxylic acid groups (broad SMARTS) is 1. The molecule has 1 rings (SSSR count). The summed E-state index contributed by atoms with van der Waals surface area (Å²) in [5.74, 6) is -1.11. The van der Waals surface area contributed by atoms with Crippen LogP contribution in [0.25, 0.3) is 0 Å². The lowest BCUT2D eigenvalue weighted by Gasteiger charge is -2.15. The average Bonchev–Trinajstić information content (AvgIpc) is 2.24. The zero-order chi connectivity index (χ0) is 13.1. The van der Waals surface area contributed by atoms with Gasteiger partial charge in [-0.2, -0.15) is 0 Å². The van der Waals surface area contributed by atoms with Crippen molar-refractivity contribution in [2.75, 3.05) is 13.4 Å². The maximum atomic E-state index is 11.2. The number of hydrogen-bond acceptors (Lipinski definition) is 5. The SMILES string of the molecule is COC(SS(C)(=O)=O)c1ccccc1C(=O)O. The van der Waals surface area contributed by atoms with E-state index in [0.717, 1.165) is 6.26 Å². The van der Waals surface area contributed by atoms with Gasteiger partial charge in [0.2, 0.25) is 8.87 Å². The number of ether oxygens (including phenoxy) is 1. The zero-order valence-corrected chi connectivity index (χ0v) is 10.9. The number of hydrogen-bond donors (Lipinski definition) is 1. The van der Waals surface area contributed by atoms with Crippen molar-refractivity contribution in [1.82, 2.24) is 0 Å². The molecule has 1 atom stereocenters. The molecule has 0 spiro atoms. The average molecular weight is 276 g/mol. The van der Waals surface area contributed by atoms with E-state index in [2.05, 4.69) is 0 Å². The molecule has 0 bridgehead atoms. The molecule has 0 aliphatic carbocycles. The summed E-state index contributed by atoms with van der Waals surface area (Å²) in [5.41, 5.74) is -0.481. The Labute approximate surface area is 103 Å². The van der Waals surface area contributed by atoms with E-state index in [1.807, 2.05) is 0 Å². The van der Waals surface area contributed by atoms with E-state index in [-0.39, 0.29) is 5.56 Å². The number of carbonyl (C=O) groups is 1. The fourth-order valence-corrected chi connectivity index (χ4v) is 3.48. The van der Waals surface area contributed by atoms with Crippen molar-refractivity contribution < 1.29 is 23.1 Å². The van der Waals surface area contributed by atoms with E-state index >= 15 is 0 Å². The first-order valence-electron chi connectivity index (χ1n) is 4.58. The molecule has 1 N–H and O–H groups in total. The molecule has 7 heteroatoms. The monoisotopic (exact) mass is 276 g/mol. The van der Waals surface area contributed by atoms with Gasteiger partial charge in [0, 0.05) is 29.7 Å². The van der Waals surface area contributed by atoms with Gasteiger partial charge in [0.25, 0.3) is 0 Å². The number of rotatable bonds is 5. The van der Waals surface area contributed by atoms with E-state index in [4.69, 9.17) is 9.84 Å². The van der Waals surface area contributed by atoms with Crippen LogP contribution in [0.2, 0.25) is 0 Å². The molecule has 0 aliphatic heterocycles. The quantitative estimate of drug-likeness (QED) is 0.651. The molecular weight excluding hydrogens is 264 g/mol. The zero-order valence-electron chi connectivity index (χ0n) is 9.28. The van der Waals surface area contributed by atoms with Gasteiger partial charge in [-0.05, 0) is 6.07 Å². The van der Waals surface area contributed by atoms with Crippen LogP contribution in [0.4, 0.5) is 0 Å². The molecule has 0 aromatic heterocycles. The van der Waals surface area contributed by atoms with Gasteiger partial charge in [-0.3, -0.25) is 0 Å². The Balaban J connectivity index is 3.16. The van der Waals surface area contributed by atoms with Crippen LogP contribution >= 0.6 is 10.8 Å². The van der Waals surface area contributed by atoms with Gasteiger partial charge in [-0.25, -0.2) is 13.2 Å². The molecule has 94 valence electrons. The third-order valence-electron chi connectivity index (χ3n) is 1.92. The van der Waals surface area contributed by atoms with Crippen LogP contribution in [-0.2, 0) is 13.6 Å². The minimum atomic E-state index is -3.33. The van der Waals surface area contributed by atoms with Gasteiger partial charge in [0.05, 0.1) is 5.56 Å². The molecule has 0 saturated heterocycles. The van der Waals surface area contributed by atoms with Gasteiger partial charge in [0.1, 0.15) is 5.44 Å². The lowest BCUT2D eigenvalue weighted by Crippen LogP contribution is -2.08. The largest absolute Gasteiger partial charge is 0.478 e. The fourth-order valence-electron chi connectivity index (χ4n) is 1.27. The second-order valence-corrected chi connectivity index (χ2v) is 7.68. The van der Waals surface area contributed by atoms with Crippen molar-refractivity contribution >= 4 is 25.6 Å². The summed E-state index contributed by atoms with van der Waals surface area (Å²) >= 11 is 0. The third-order valence-corrected chi connectivity index (χ3v) is 4.47. The van der Waals surface area contributed by atoms with E-state index in [1.54, 1.807) is 12.1 Å². The molecule has 0 saturated carbocycles. The van der Waals surface area contributed by atoms with Crippen LogP contribution in [0.15, 0.2) is 24.3 Å². The van der Waals surface area contributed by atoms with Crippen molar-refractivity contribution in [3.63, 3.8) is 0 Å². The third kappa shape index (κ3) is 4.03. The van der Waals surface area contributed by atoms with Crippen LogP contribution in [0, 0.1) is 0 Å². The first-order valence-corrected chi connectivity index (χ1v) is 7.87. The molecule has 0 fully saturated rings. The Morgan fingerprint density at radius 2 is 2.00 bits per heavy atom. The van der Waals surface area contributed by atoms with Crippen LogP contribution < -0.4 is 0 Å². The number of benzene rings is 1. The smallest absolute Gasteiger partial charge is 0.336 e. The number of methoxy groups -OCH3 is 1. The molecule has 0 amide bonds. The summed E-state index contributed by atoms with van der Waals surface area (Å²) in [7, 11) is -1.42. The molecule has 0 aliphatic rings. The Hall–Kier alpha value is -1.05. The predicted molar refractivity (Wildman–Crippen MR) is 65.6 cm³/mol. The van der Waals surface area contributed by atoms with Gasteiger partial charge in [0.15, 0.2) is 0 Å². The Morgan fingerprint density at radius 3 is 2.47 bits per heavy atom. The highest BCUT2D eigenvalue weighted by Gasteiger charge is 2.22. The predicted octanol–water partition coefficient (Wildman–Crippen LogP) is 1.72. The Morgan fingerprint density at radius 1 is 1.41 bits per heavy atom. The minimum absolute atomic E-state index is 0.0375. The molecule has 1 aromatic carbocycles. The van der Waals surface area contributed by atoms with Gasteiger partial charge in [-0.1, -0.05) is 18.2 Å². The summed E-state index contributed by atoms with van der Waals surface area (Å²) in [5, 5.41) is 8.99. The molecule has 1 aromatic rings. The van der Waals surface area contributed by atoms with Crippen molar-refractivity contribution in [3.05, 3.63) is 35.4 Å². The van der Waals surface area contributed by atoms with E-state index in [0.29, 0.717) is 16.4 Å². The molecule has 1 unspecified atom stereocenters. The topological polar surface area (TPSA) is 80.7 Å². The highest BCUT2D eigenvalue weighted by Crippen LogP contribution is 2.34. The summed E-state index contributed by atoms with van der Waals surface area (Å²) in [6.07, 6.45) is 1.05.